The van der Waals surface area contributed by atoms with Gasteiger partial charge in [0.15, 0.2) is 6.10 Å². The topological polar surface area (TPSA) is 48.1 Å². The van der Waals surface area contributed by atoms with Gasteiger partial charge < -0.3 is 14.2 Å². The van der Waals surface area contributed by atoms with E-state index in [4.69, 9.17) is 14.2 Å². The van der Waals surface area contributed by atoms with E-state index < -0.39 is 0 Å². The number of benzene rings is 1. The zero-order valence-corrected chi connectivity index (χ0v) is 10.8. The number of methoxy groups -OCH3 is 1. The summed E-state index contributed by atoms with van der Waals surface area (Å²) < 4.78 is 15.4. The summed E-state index contributed by atoms with van der Waals surface area (Å²) in [6.45, 7) is 2.60. The third kappa shape index (κ3) is 3.23. The maximum absolute atomic E-state index is 11.6. The number of aryl methyl sites for hydroxylation is 1. The van der Waals surface area contributed by atoms with Crippen LogP contribution in [0.4, 0.5) is 0 Å². The highest BCUT2D eigenvalue weighted by Gasteiger charge is 2.33. The summed E-state index contributed by atoms with van der Waals surface area (Å²) >= 11 is 0. The molecule has 0 bridgehead atoms. The van der Waals surface area contributed by atoms with Crippen molar-refractivity contribution in [3.8, 4) is 11.5 Å². The van der Waals surface area contributed by atoms with Crippen LogP contribution in [0.5, 0.6) is 11.5 Å². The Morgan fingerprint density at radius 3 is 2.89 bits per heavy atom. The smallest absolute Gasteiger partial charge is 0.343 e. The Hall–Kier alpha value is -1.55. The lowest BCUT2D eigenvalue weighted by molar-refractivity contribution is -0.135. The van der Waals surface area contributed by atoms with Crippen LogP contribution in [0.1, 0.15) is 25.3 Å². The van der Waals surface area contributed by atoms with E-state index >= 15 is 0 Å². The fraction of sp³-hybridized carbons (Fsp3) is 0.500. The second-order valence-corrected chi connectivity index (χ2v) is 4.32. The third-order valence-corrected chi connectivity index (χ3v) is 2.87. The zero-order valence-electron chi connectivity index (χ0n) is 10.8. The van der Waals surface area contributed by atoms with Gasteiger partial charge in [-0.05, 0) is 36.6 Å². The van der Waals surface area contributed by atoms with Crippen molar-refractivity contribution in [3.63, 3.8) is 0 Å². The van der Waals surface area contributed by atoms with Gasteiger partial charge in [-0.3, -0.25) is 0 Å². The number of unbranched alkanes of at least 4 members (excludes halogenated alkanes) is 1. The van der Waals surface area contributed by atoms with Gasteiger partial charge in [-0.1, -0.05) is 13.3 Å². The number of rotatable bonds is 6. The average Bonchev–Trinajstić information content (AvgIpc) is 3.21. The molecule has 98 valence electrons. The van der Waals surface area contributed by atoms with E-state index in [2.05, 4.69) is 6.92 Å². The van der Waals surface area contributed by atoms with Crippen molar-refractivity contribution in [1.82, 2.24) is 0 Å². The molecule has 1 unspecified atom stereocenters. The van der Waals surface area contributed by atoms with Gasteiger partial charge in [-0.2, -0.15) is 0 Å². The molecule has 0 aromatic heterocycles. The lowest BCUT2D eigenvalue weighted by Gasteiger charge is -2.10. The largest absolute Gasteiger partial charge is 0.497 e. The van der Waals surface area contributed by atoms with Crippen LogP contribution >= 0.6 is 0 Å². The molecule has 1 aliphatic heterocycles. The molecule has 0 amide bonds. The minimum absolute atomic E-state index is 0.307. The fourth-order valence-corrected chi connectivity index (χ4v) is 1.70. The molecule has 0 aliphatic carbocycles. The van der Waals surface area contributed by atoms with Gasteiger partial charge in [0.25, 0.3) is 0 Å². The van der Waals surface area contributed by atoms with E-state index in [9.17, 15) is 4.79 Å². The molecule has 1 atom stereocenters. The molecule has 2 rings (SSSR count). The van der Waals surface area contributed by atoms with Gasteiger partial charge in [0.2, 0.25) is 0 Å². The van der Waals surface area contributed by atoms with E-state index in [0.29, 0.717) is 12.4 Å². The van der Waals surface area contributed by atoms with Crippen molar-refractivity contribution in [3.05, 3.63) is 23.8 Å². The Bertz CT molecular complexity index is 424. The quantitative estimate of drug-likeness (QED) is 0.442. The number of hydrogen-bond acceptors (Lipinski definition) is 4. The molecule has 18 heavy (non-hydrogen) atoms. The maximum atomic E-state index is 11.6. The van der Waals surface area contributed by atoms with Gasteiger partial charge in [0.1, 0.15) is 11.5 Å². The second-order valence-electron chi connectivity index (χ2n) is 4.32. The molecule has 0 radical (unpaired) electrons. The maximum Gasteiger partial charge on any atom is 0.343 e. The van der Waals surface area contributed by atoms with Crippen molar-refractivity contribution in [2.24, 2.45) is 0 Å². The standard InChI is InChI=1S/C14H18O4/c1-3-4-5-10-8-11(16-2)6-7-12(10)18-14(15)13-9-17-13/h6-8,13H,3-5,9H2,1-2H3. The molecule has 0 spiro atoms. The molecule has 1 saturated heterocycles. The molecule has 1 aliphatic rings. The lowest BCUT2D eigenvalue weighted by atomic mass is 10.1. The van der Waals surface area contributed by atoms with Crippen LogP contribution in [-0.2, 0) is 16.0 Å². The van der Waals surface area contributed by atoms with Crippen molar-refractivity contribution in [2.75, 3.05) is 13.7 Å². The van der Waals surface area contributed by atoms with E-state index in [0.717, 1.165) is 30.6 Å². The highest BCUT2D eigenvalue weighted by molar-refractivity contribution is 5.79. The van der Waals surface area contributed by atoms with E-state index in [1.807, 2.05) is 6.07 Å². The van der Waals surface area contributed by atoms with Crippen LogP contribution < -0.4 is 9.47 Å². The minimum Gasteiger partial charge on any atom is -0.497 e. The number of esters is 1. The Balaban J connectivity index is 2.12. The number of carbonyl (C=O) groups excluding carboxylic acids is 1. The summed E-state index contributed by atoms with van der Waals surface area (Å²) in [5.41, 5.74) is 1.00. The van der Waals surface area contributed by atoms with Gasteiger partial charge in [-0.15, -0.1) is 0 Å². The van der Waals surface area contributed by atoms with Crippen LogP contribution in [-0.4, -0.2) is 25.8 Å². The fourth-order valence-electron chi connectivity index (χ4n) is 1.70. The Morgan fingerprint density at radius 2 is 2.28 bits per heavy atom. The van der Waals surface area contributed by atoms with Crippen LogP contribution in [0.2, 0.25) is 0 Å². The predicted octanol–water partition coefficient (Wildman–Crippen LogP) is 2.34. The van der Waals surface area contributed by atoms with Crippen molar-refractivity contribution < 1.29 is 19.0 Å². The van der Waals surface area contributed by atoms with Crippen LogP contribution in [0.15, 0.2) is 18.2 Å². The molecule has 4 heteroatoms. The highest BCUT2D eigenvalue weighted by Crippen LogP contribution is 2.27. The number of epoxide rings is 1. The monoisotopic (exact) mass is 250 g/mol. The summed E-state index contributed by atoms with van der Waals surface area (Å²) in [5.74, 6) is 1.09. The Morgan fingerprint density at radius 1 is 1.50 bits per heavy atom. The first-order valence-corrected chi connectivity index (χ1v) is 6.24. The first kappa shape index (κ1) is 12.9. The van der Waals surface area contributed by atoms with Gasteiger partial charge in [0, 0.05) is 0 Å². The average molecular weight is 250 g/mol. The second kappa shape index (κ2) is 5.87. The number of ether oxygens (including phenoxy) is 3. The molecular weight excluding hydrogens is 232 g/mol. The van der Waals surface area contributed by atoms with E-state index in [-0.39, 0.29) is 12.1 Å². The van der Waals surface area contributed by atoms with Gasteiger partial charge >= 0.3 is 5.97 Å². The first-order chi connectivity index (χ1) is 8.74. The molecule has 1 aromatic carbocycles. The molecule has 0 saturated carbocycles. The van der Waals surface area contributed by atoms with Crippen LogP contribution in [0, 0.1) is 0 Å². The van der Waals surface area contributed by atoms with E-state index in [1.165, 1.54) is 0 Å². The molecule has 4 nitrogen and oxygen atoms in total. The molecule has 0 N–H and O–H groups in total. The van der Waals surface area contributed by atoms with Crippen molar-refractivity contribution >= 4 is 5.97 Å². The van der Waals surface area contributed by atoms with Crippen LogP contribution in [0.3, 0.4) is 0 Å². The number of carbonyl (C=O) groups is 1. The summed E-state index contributed by atoms with van der Waals surface area (Å²) in [7, 11) is 1.63. The van der Waals surface area contributed by atoms with Gasteiger partial charge in [-0.25, -0.2) is 4.79 Å². The third-order valence-electron chi connectivity index (χ3n) is 2.87. The molecule has 1 fully saturated rings. The van der Waals surface area contributed by atoms with Crippen molar-refractivity contribution in [1.29, 1.82) is 0 Å². The van der Waals surface area contributed by atoms with Crippen LogP contribution in [0.25, 0.3) is 0 Å². The summed E-state index contributed by atoms with van der Waals surface area (Å²) in [5, 5.41) is 0. The normalized spacial score (nSPS) is 17.3. The van der Waals surface area contributed by atoms with Crippen molar-refractivity contribution in [2.45, 2.75) is 32.3 Å². The highest BCUT2D eigenvalue weighted by atomic mass is 16.6. The predicted molar refractivity (Wildman–Crippen MR) is 67.0 cm³/mol. The molecular formula is C14H18O4. The number of hydrogen-bond donors (Lipinski definition) is 0. The Labute approximate surface area is 107 Å². The first-order valence-electron chi connectivity index (χ1n) is 6.24. The summed E-state index contributed by atoms with van der Waals surface area (Å²) in [6.07, 6.45) is 2.65. The Kier molecular flexibility index (Phi) is 4.20. The zero-order chi connectivity index (χ0) is 13.0. The lowest BCUT2D eigenvalue weighted by Crippen LogP contribution is -2.15. The van der Waals surface area contributed by atoms with Gasteiger partial charge in [0.05, 0.1) is 13.7 Å². The SMILES string of the molecule is CCCCc1cc(OC)ccc1OC(=O)C1CO1. The molecule has 1 aromatic rings. The van der Waals surface area contributed by atoms with E-state index in [1.54, 1.807) is 19.2 Å². The summed E-state index contributed by atoms with van der Waals surface area (Å²) in [6, 6.07) is 5.50. The minimum atomic E-state index is -0.369. The summed E-state index contributed by atoms with van der Waals surface area (Å²) in [4.78, 5) is 11.6. The molecule has 1 heterocycles.